The smallest absolute Gasteiger partial charge is 0.334 e. The number of carboxylic acids is 1. The Kier molecular flexibility index (Phi) is 5.84. The van der Waals surface area contributed by atoms with Crippen LogP contribution in [0.4, 0.5) is 0 Å². The van der Waals surface area contributed by atoms with Crippen LogP contribution in [0.1, 0.15) is 6.92 Å². The zero-order valence-corrected chi connectivity index (χ0v) is 14.7. The van der Waals surface area contributed by atoms with Gasteiger partial charge in [-0.3, -0.25) is 14.7 Å². The minimum Gasteiger partial charge on any atom is -0.478 e. The normalized spacial score (nSPS) is 27.2. The van der Waals surface area contributed by atoms with E-state index in [1.807, 2.05) is 6.92 Å². The molecule has 3 heterocycles. The maximum atomic E-state index is 11.7. The molecule has 9 nitrogen and oxygen atoms in total. The van der Waals surface area contributed by atoms with Crippen LogP contribution in [-0.2, 0) is 9.59 Å². The molecule has 1 amide bonds. The summed E-state index contributed by atoms with van der Waals surface area (Å²) in [6.07, 6.45) is 1.42. The van der Waals surface area contributed by atoms with E-state index in [4.69, 9.17) is 10.8 Å². The topological polar surface area (TPSA) is 124 Å². The summed E-state index contributed by atoms with van der Waals surface area (Å²) in [5.74, 6) is -0.470. The summed E-state index contributed by atoms with van der Waals surface area (Å²) in [7, 11) is 3.50. The van der Waals surface area contributed by atoms with Gasteiger partial charge < -0.3 is 21.2 Å². The molecule has 0 spiro atoms. The standard InChI is InChI=1S/C10H13N3O3S.C4H9N3/c1-5-6(10(15)16)4-13-8(14)7(9(13)17-5)11-12(2)3;5-4-3-6-1-2-7-4/h4-5,9H,1-3H3,(H,15,16);6H,1-3H2,(H2,5,7)/b11-7+;/t5?,9-;/m1./s1. The van der Waals surface area contributed by atoms with Gasteiger partial charge in [0.25, 0.3) is 5.91 Å². The molecule has 132 valence electrons. The first kappa shape index (κ1) is 18.3. The van der Waals surface area contributed by atoms with Crippen molar-refractivity contribution < 1.29 is 14.7 Å². The highest BCUT2D eigenvalue weighted by Gasteiger charge is 2.48. The highest BCUT2D eigenvalue weighted by atomic mass is 32.2. The van der Waals surface area contributed by atoms with Crippen LogP contribution in [0.5, 0.6) is 0 Å². The number of fused-ring (bicyclic) bond motifs is 1. The molecule has 24 heavy (non-hydrogen) atoms. The van der Waals surface area contributed by atoms with E-state index in [1.54, 1.807) is 19.1 Å². The van der Waals surface area contributed by atoms with E-state index >= 15 is 0 Å². The van der Waals surface area contributed by atoms with Crippen LogP contribution in [0.15, 0.2) is 21.9 Å². The van der Waals surface area contributed by atoms with Crippen LogP contribution in [0.3, 0.4) is 0 Å². The Morgan fingerprint density at radius 1 is 1.58 bits per heavy atom. The third-order valence-corrected chi connectivity index (χ3v) is 4.82. The van der Waals surface area contributed by atoms with Gasteiger partial charge in [-0.1, -0.05) is 0 Å². The number of carboxylic acid groups (broad SMARTS) is 1. The molecule has 1 saturated heterocycles. The molecule has 2 atom stereocenters. The molecule has 4 N–H and O–H groups in total. The van der Waals surface area contributed by atoms with Gasteiger partial charge in [0.1, 0.15) is 11.2 Å². The number of thioether (sulfide) groups is 1. The molecule has 0 aromatic rings. The third-order valence-electron chi connectivity index (χ3n) is 3.45. The first-order valence-corrected chi connectivity index (χ1v) is 8.44. The minimum atomic E-state index is -0.978. The van der Waals surface area contributed by atoms with Crippen LogP contribution in [0, 0.1) is 0 Å². The largest absolute Gasteiger partial charge is 0.478 e. The van der Waals surface area contributed by atoms with Gasteiger partial charge in [0.2, 0.25) is 0 Å². The zero-order valence-electron chi connectivity index (χ0n) is 13.9. The third kappa shape index (κ3) is 4.06. The van der Waals surface area contributed by atoms with Gasteiger partial charge in [0.05, 0.1) is 18.7 Å². The van der Waals surface area contributed by atoms with Crippen molar-refractivity contribution in [3.8, 4) is 0 Å². The molecule has 0 aromatic heterocycles. The van der Waals surface area contributed by atoms with Crippen LogP contribution in [0.2, 0.25) is 0 Å². The SMILES string of the molecule is CC1S[C@@H]2/C(=N/N(C)C)C(=O)N2C=C1C(=O)O.NC1=NCCNC1. The number of nitrogens with zero attached hydrogens (tertiary/aromatic N) is 4. The van der Waals surface area contributed by atoms with Crippen LogP contribution in [-0.4, -0.2) is 82.8 Å². The second-order valence-corrected chi connectivity index (χ2v) is 7.04. The average molecular weight is 354 g/mol. The number of hydrogen-bond donors (Lipinski definition) is 3. The number of amidine groups is 1. The Morgan fingerprint density at radius 2 is 2.29 bits per heavy atom. The van der Waals surface area contributed by atoms with E-state index in [0.717, 1.165) is 25.5 Å². The predicted octanol–water partition coefficient (Wildman–Crippen LogP) is -0.877. The number of nitrogens with two attached hydrogens (primary N) is 1. The number of carbonyl (C=O) groups excluding carboxylic acids is 1. The Labute approximate surface area is 144 Å². The highest BCUT2D eigenvalue weighted by Crippen LogP contribution is 2.38. The van der Waals surface area contributed by atoms with Crippen molar-refractivity contribution in [2.24, 2.45) is 15.8 Å². The monoisotopic (exact) mass is 354 g/mol. The Hall–Kier alpha value is -2.07. The van der Waals surface area contributed by atoms with Crippen LogP contribution >= 0.6 is 11.8 Å². The minimum absolute atomic E-state index is 0.144. The summed E-state index contributed by atoms with van der Waals surface area (Å²) >= 11 is 1.42. The van der Waals surface area contributed by atoms with E-state index in [2.05, 4.69) is 15.4 Å². The summed E-state index contributed by atoms with van der Waals surface area (Å²) in [5.41, 5.74) is 6.05. The van der Waals surface area contributed by atoms with Crippen molar-refractivity contribution in [2.75, 3.05) is 33.7 Å². The van der Waals surface area contributed by atoms with E-state index < -0.39 is 5.97 Å². The van der Waals surface area contributed by atoms with Gasteiger partial charge in [-0.2, -0.15) is 5.10 Å². The number of carbonyl (C=O) groups is 2. The zero-order chi connectivity index (χ0) is 17.9. The van der Waals surface area contributed by atoms with Gasteiger partial charge in [-0.05, 0) is 6.92 Å². The van der Waals surface area contributed by atoms with Gasteiger partial charge >= 0.3 is 5.97 Å². The first-order valence-electron chi connectivity index (χ1n) is 7.49. The molecule has 1 unspecified atom stereocenters. The molecule has 10 heteroatoms. The summed E-state index contributed by atoms with van der Waals surface area (Å²) in [4.78, 5) is 28.1. The van der Waals surface area contributed by atoms with Crippen molar-refractivity contribution >= 4 is 35.2 Å². The van der Waals surface area contributed by atoms with E-state index in [9.17, 15) is 9.59 Å². The molecule has 0 aliphatic carbocycles. The molecule has 0 saturated carbocycles. The van der Waals surface area contributed by atoms with E-state index in [0.29, 0.717) is 5.71 Å². The number of hydrazone groups is 1. The van der Waals surface area contributed by atoms with Crippen molar-refractivity contribution in [2.45, 2.75) is 17.5 Å². The summed E-state index contributed by atoms with van der Waals surface area (Å²) < 4.78 is 0. The Balaban J connectivity index is 0.000000249. The number of amides is 1. The summed E-state index contributed by atoms with van der Waals surface area (Å²) in [5, 5.41) is 17.5. The molecule has 3 rings (SSSR count). The molecular formula is C14H22N6O3S. The van der Waals surface area contributed by atoms with Crippen molar-refractivity contribution in [3.05, 3.63) is 11.8 Å². The highest BCUT2D eigenvalue weighted by molar-refractivity contribution is 8.01. The lowest BCUT2D eigenvalue weighted by Crippen LogP contribution is -2.60. The van der Waals surface area contributed by atoms with E-state index in [-0.39, 0.29) is 22.1 Å². The van der Waals surface area contributed by atoms with Crippen molar-refractivity contribution in [1.29, 1.82) is 0 Å². The van der Waals surface area contributed by atoms with Crippen molar-refractivity contribution in [3.63, 3.8) is 0 Å². The van der Waals surface area contributed by atoms with Crippen molar-refractivity contribution in [1.82, 2.24) is 15.2 Å². The maximum Gasteiger partial charge on any atom is 0.334 e. The quantitative estimate of drug-likeness (QED) is 0.435. The number of rotatable bonds is 2. The van der Waals surface area contributed by atoms with Gasteiger partial charge in [0, 0.05) is 32.1 Å². The van der Waals surface area contributed by atoms with Gasteiger partial charge in [-0.15, -0.1) is 11.8 Å². The molecule has 0 aromatic carbocycles. The maximum absolute atomic E-state index is 11.7. The summed E-state index contributed by atoms with van der Waals surface area (Å²) in [6, 6.07) is 0. The molecule has 0 radical (unpaired) electrons. The van der Waals surface area contributed by atoms with Crippen LogP contribution < -0.4 is 11.1 Å². The fourth-order valence-electron chi connectivity index (χ4n) is 2.28. The second kappa shape index (κ2) is 7.67. The number of hydrogen-bond acceptors (Lipinski definition) is 8. The molecule has 1 fully saturated rings. The lowest BCUT2D eigenvalue weighted by atomic mass is 10.1. The molecule has 0 bridgehead atoms. The van der Waals surface area contributed by atoms with Gasteiger partial charge in [0.15, 0.2) is 5.71 Å². The predicted molar refractivity (Wildman–Crippen MR) is 93.9 cm³/mol. The Bertz CT molecular complexity index is 616. The molecule has 3 aliphatic heterocycles. The first-order chi connectivity index (χ1) is 11.3. The van der Waals surface area contributed by atoms with Crippen LogP contribution in [0.25, 0.3) is 0 Å². The lowest BCUT2D eigenvalue weighted by Gasteiger charge is -2.43. The summed E-state index contributed by atoms with van der Waals surface area (Å²) in [6.45, 7) is 4.39. The average Bonchev–Trinajstić information content (AvgIpc) is 2.53. The number of aliphatic carboxylic acids is 1. The second-order valence-electron chi connectivity index (χ2n) is 5.61. The van der Waals surface area contributed by atoms with E-state index in [1.165, 1.54) is 22.9 Å². The number of nitrogens with one attached hydrogen (secondary N) is 1. The molecular weight excluding hydrogens is 332 g/mol. The Morgan fingerprint density at radius 3 is 2.75 bits per heavy atom. The number of β-lactam (4-membered cyclic amide) rings is 1. The molecule has 3 aliphatic rings. The fourth-order valence-corrected chi connectivity index (χ4v) is 3.54. The number of aliphatic imine (C=N–C) groups is 1. The van der Waals surface area contributed by atoms with Gasteiger partial charge in [-0.25, -0.2) is 4.79 Å². The lowest BCUT2D eigenvalue weighted by molar-refractivity contribution is -0.132. The fraction of sp³-hybridized carbons (Fsp3) is 0.571.